The third-order valence-corrected chi connectivity index (χ3v) is 6.44. The molecular weight excluding hydrogens is 533 g/mol. The van der Waals surface area contributed by atoms with Crippen LogP contribution in [0.15, 0.2) is 93.5 Å². The summed E-state index contributed by atoms with van der Waals surface area (Å²) in [7, 11) is 1.57. The molecule has 0 fully saturated rings. The number of thioether (sulfide) groups is 1. The number of carbonyl (C=O) groups excluding carboxylic acids is 1. The van der Waals surface area contributed by atoms with Crippen molar-refractivity contribution in [1.29, 1.82) is 0 Å². The molecular formula is C26H21Cl2N5O3S. The highest BCUT2D eigenvalue weighted by Crippen LogP contribution is 2.23. The Morgan fingerprint density at radius 1 is 1.00 bits per heavy atom. The number of aliphatic imine (C=N–C) groups is 1. The lowest BCUT2D eigenvalue weighted by Gasteiger charge is -2.12. The first-order valence-electron chi connectivity index (χ1n) is 10.9. The van der Waals surface area contributed by atoms with Gasteiger partial charge in [0.05, 0.1) is 12.8 Å². The lowest BCUT2D eigenvalue weighted by Crippen LogP contribution is -2.36. The molecule has 4 aromatic rings. The van der Waals surface area contributed by atoms with Crippen LogP contribution in [0.3, 0.4) is 0 Å². The Morgan fingerprint density at radius 2 is 1.65 bits per heavy atom. The van der Waals surface area contributed by atoms with Crippen LogP contribution < -0.4 is 20.9 Å². The highest BCUT2D eigenvalue weighted by atomic mass is 35.5. The highest BCUT2D eigenvalue weighted by molar-refractivity contribution is 7.98. The summed E-state index contributed by atoms with van der Waals surface area (Å²) in [6.45, 7) is 0. The topological polar surface area (TPSA) is 108 Å². The predicted molar refractivity (Wildman–Crippen MR) is 149 cm³/mol. The van der Waals surface area contributed by atoms with E-state index in [1.165, 1.54) is 17.8 Å². The normalized spacial score (nSPS) is 11.2. The maximum Gasteiger partial charge on any atom is 0.257 e. The Morgan fingerprint density at radius 3 is 2.30 bits per heavy atom. The summed E-state index contributed by atoms with van der Waals surface area (Å²) >= 11 is 13.4. The fourth-order valence-electron chi connectivity index (χ4n) is 3.09. The number of hydrogen-bond donors (Lipinski definition) is 3. The van der Waals surface area contributed by atoms with E-state index in [2.05, 4.69) is 25.6 Å². The second-order valence-corrected chi connectivity index (χ2v) is 9.50. The molecule has 0 saturated heterocycles. The molecule has 0 atom stereocenters. The number of nitrogens with one attached hydrogen (secondary N) is 3. The highest BCUT2D eigenvalue weighted by Gasteiger charge is 2.12. The smallest absolute Gasteiger partial charge is 0.257 e. The fraction of sp³-hybridized carbons (Fsp3) is 0.0769. The van der Waals surface area contributed by atoms with Crippen LogP contribution in [0, 0.1) is 0 Å². The number of hydrogen-bond acceptors (Lipinski definition) is 6. The van der Waals surface area contributed by atoms with Crippen LogP contribution in [0.25, 0.3) is 0 Å². The predicted octanol–water partition coefficient (Wildman–Crippen LogP) is 5.91. The van der Waals surface area contributed by atoms with Crippen molar-refractivity contribution in [2.24, 2.45) is 4.99 Å². The van der Waals surface area contributed by atoms with E-state index in [9.17, 15) is 9.59 Å². The van der Waals surface area contributed by atoms with Gasteiger partial charge in [0, 0.05) is 38.0 Å². The Balaban J connectivity index is 1.59. The Labute approximate surface area is 227 Å². The molecule has 188 valence electrons. The van der Waals surface area contributed by atoms with Crippen LogP contribution in [0.1, 0.15) is 16.1 Å². The number of nitrogens with zero attached hydrogens (tertiary/aromatic N) is 2. The summed E-state index contributed by atoms with van der Waals surface area (Å²) in [4.78, 5) is 37.6. The van der Waals surface area contributed by atoms with Gasteiger partial charge in [0.15, 0.2) is 0 Å². The minimum atomic E-state index is -0.423. The van der Waals surface area contributed by atoms with E-state index in [0.29, 0.717) is 38.5 Å². The summed E-state index contributed by atoms with van der Waals surface area (Å²) in [5.41, 5.74) is 1.17. The Bertz CT molecular complexity index is 1460. The molecule has 0 spiro atoms. The Kier molecular flexibility index (Phi) is 8.84. The number of benzene rings is 3. The maximum atomic E-state index is 12.9. The van der Waals surface area contributed by atoms with Crippen LogP contribution in [0.4, 0.5) is 11.6 Å². The van der Waals surface area contributed by atoms with Crippen LogP contribution >= 0.6 is 35.0 Å². The first kappa shape index (κ1) is 26.3. The summed E-state index contributed by atoms with van der Waals surface area (Å²) in [5, 5.41) is 6.93. The van der Waals surface area contributed by atoms with E-state index in [4.69, 9.17) is 27.9 Å². The van der Waals surface area contributed by atoms with Gasteiger partial charge in [-0.05, 0) is 72.8 Å². The fourth-order valence-corrected chi connectivity index (χ4v) is 4.14. The van der Waals surface area contributed by atoms with Crippen molar-refractivity contribution < 1.29 is 9.53 Å². The number of aromatic nitrogens is 2. The molecule has 0 radical (unpaired) electrons. The number of aromatic amines is 1. The van der Waals surface area contributed by atoms with Gasteiger partial charge in [-0.15, -0.1) is 11.8 Å². The molecule has 3 aromatic carbocycles. The van der Waals surface area contributed by atoms with Gasteiger partial charge in [0.1, 0.15) is 5.75 Å². The number of rotatable bonds is 7. The van der Waals surface area contributed by atoms with Gasteiger partial charge in [-0.1, -0.05) is 23.2 Å². The SMILES string of the molecule is COc1ccc(N/C(=N/c2nc(CSc3ccc(Cl)cc3)cc(=O)[nH]2)NC(=O)c2ccc(Cl)cc2)cc1. The quantitative estimate of drug-likeness (QED) is 0.149. The number of H-pyrrole nitrogens is 1. The van der Waals surface area contributed by atoms with E-state index in [-0.39, 0.29) is 17.5 Å². The second kappa shape index (κ2) is 12.4. The summed E-state index contributed by atoms with van der Waals surface area (Å²) in [6.07, 6.45) is 0. The molecule has 37 heavy (non-hydrogen) atoms. The maximum absolute atomic E-state index is 12.9. The molecule has 1 heterocycles. The molecule has 0 aliphatic carbocycles. The van der Waals surface area contributed by atoms with Gasteiger partial charge in [-0.2, -0.15) is 4.99 Å². The van der Waals surface area contributed by atoms with E-state index < -0.39 is 5.91 Å². The minimum Gasteiger partial charge on any atom is -0.497 e. The largest absolute Gasteiger partial charge is 0.497 e. The van der Waals surface area contributed by atoms with Gasteiger partial charge in [0.25, 0.3) is 11.5 Å². The first-order chi connectivity index (χ1) is 17.9. The van der Waals surface area contributed by atoms with Gasteiger partial charge in [0.2, 0.25) is 11.9 Å². The number of methoxy groups -OCH3 is 1. The van der Waals surface area contributed by atoms with Crippen LogP contribution in [0.5, 0.6) is 5.75 Å². The standard InChI is InChI=1S/C26H21Cl2N5O3S/c1-36-21-10-8-19(9-11-21)29-26(32-24(35)16-2-4-17(27)5-3-16)33-25-30-20(14-23(34)31-25)15-37-22-12-6-18(28)7-13-22/h2-14H,15H2,1H3,(H3,29,30,31,32,33,34,35). The molecule has 11 heteroatoms. The average Bonchev–Trinajstić information content (AvgIpc) is 2.89. The van der Waals surface area contributed by atoms with Crippen molar-refractivity contribution in [1.82, 2.24) is 15.3 Å². The Hall–Kier alpha value is -3.79. The summed E-state index contributed by atoms with van der Waals surface area (Å²) < 4.78 is 5.19. The number of guanidine groups is 1. The van der Waals surface area contributed by atoms with Crippen LogP contribution in [-0.2, 0) is 5.75 Å². The lowest BCUT2D eigenvalue weighted by atomic mass is 10.2. The number of amides is 1. The third-order valence-electron chi connectivity index (χ3n) is 4.89. The van der Waals surface area contributed by atoms with Crippen molar-refractivity contribution >= 4 is 58.5 Å². The van der Waals surface area contributed by atoms with Gasteiger partial charge < -0.3 is 10.1 Å². The van der Waals surface area contributed by atoms with Crippen molar-refractivity contribution in [3.63, 3.8) is 0 Å². The molecule has 8 nitrogen and oxygen atoms in total. The lowest BCUT2D eigenvalue weighted by molar-refractivity contribution is 0.0977. The van der Waals surface area contributed by atoms with Crippen molar-refractivity contribution in [3.05, 3.63) is 111 Å². The number of halogens is 2. The van der Waals surface area contributed by atoms with Crippen molar-refractivity contribution in [3.8, 4) is 5.75 Å². The molecule has 1 aromatic heterocycles. The van der Waals surface area contributed by atoms with Crippen molar-refractivity contribution in [2.75, 3.05) is 12.4 Å². The monoisotopic (exact) mass is 553 g/mol. The first-order valence-corrected chi connectivity index (χ1v) is 12.7. The molecule has 1 amide bonds. The average molecular weight is 554 g/mol. The minimum absolute atomic E-state index is 0.0339. The summed E-state index contributed by atoms with van der Waals surface area (Å²) in [5.74, 6) is 0.786. The summed E-state index contributed by atoms with van der Waals surface area (Å²) in [6, 6.07) is 22.2. The van der Waals surface area contributed by atoms with E-state index >= 15 is 0 Å². The van der Waals surface area contributed by atoms with Gasteiger partial charge in [-0.25, -0.2) is 4.98 Å². The number of anilines is 1. The molecule has 0 aliphatic rings. The molecule has 0 bridgehead atoms. The third kappa shape index (κ3) is 7.85. The van der Waals surface area contributed by atoms with E-state index in [1.807, 2.05) is 12.1 Å². The van der Waals surface area contributed by atoms with Crippen molar-refractivity contribution in [2.45, 2.75) is 10.6 Å². The van der Waals surface area contributed by atoms with Crippen LogP contribution in [0.2, 0.25) is 10.0 Å². The number of carbonyl (C=O) groups is 1. The van der Waals surface area contributed by atoms with Crippen LogP contribution in [-0.4, -0.2) is 28.9 Å². The zero-order valence-corrected chi connectivity index (χ0v) is 21.8. The van der Waals surface area contributed by atoms with E-state index in [0.717, 1.165) is 4.90 Å². The zero-order valence-electron chi connectivity index (χ0n) is 19.5. The van der Waals surface area contributed by atoms with E-state index in [1.54, 1.807) is 67.8 Å². The zero-order chi connectivity index (χ0) is 26.2. The number of ether oxygens (including phenoxy) is 1. The molecule has 0 saturated carbocycles. The molecule has 4 rings (SSSR count). The van der Waals surface area contributed by atoms with Gasteiger partial charge in [-0.3, -0.25) is 19.9 Å². The second-order valence-electron chi connectivity index (χ2n) is 7.58. The molecule has 3 N–H and O–H groups in total. The van der Waals surface area contributed by atoms with Gasteiger partial charge >= 0.3 is 0 Å². The molecule has 0 aliphatic heterocycles. The molecule has 0 unspecified atom stereocenters.